The van der Waals surface area contributed by atoms with E-state index in [4.69, 9.17) is 0 Å². The molecule has 2 N–H and O–H groups in total. The first-order valence-corrected chi connectivity index (χ1v) is 14.0. The zero-order chi connectivity index (χ0) is 25.0. The molecule has 0 atom stereocenters. The predicted octanol–water partition coefficient (Wildman–Crippen LogP) is 4.41. The molecule has 1 heterocycles. The smallest absolute Gasteiger partial charge is 0.261 e. The number of hydrogen-bond donors (Lipinski definition) is 2. The normalized spacial score (nSPS) is 17.7. The number of sulfonamides is 1. The number of anilines is 1. The van der Waals surface area contributed by atoms with E-state index in [-0.39, 0.29) is 28.7 Å². The summed E-state index contributed by atoms with van der Waals surface area (Å²) in [7, 11) is -3.83. The van der Waals surface area contributed by atoms with Crippen LogP contribution in [0.25, 0.3) is 0 Å². The Kier molecular flexibility index (Phi) is 7.79. The molecule has 2 aliphatic rings. The number of carbonyl (C=O) groups excluding carboxylic acids is 2. The monoisotopic (exact) mass is 497 g/mol. The number of carbonyl (C=O) groups is 2. The van der Waals surface area contributed by atoms with E-state index < -0.39 is 10.0 Å². The maximum atomic E-state index is 13.1. The SMILES string of the molecule is Cc1ccc(NS(=O)(=O)c2ccc(C)c(C(=O)NC3CCN(C(=O)C4CCCCC4)CC3)c2)cc1. The van der Waals surface area contributed by atoms with Crippen molar-refractivity contribution >= 4 is 27.5 Å². The van der Waals surface area contributed by atoms with Crippen LogP contribution in [0.3, 0.4) is 0 Å². The Morgan fingerprint density at radius 3 is 2.20 bits per heavy atom. The molecule has 0 bridgehead atoms. The molecule has 0 unspecified atom stereocenters. The minimum Gasteiger partial charge on any atom is -0.349 e. The van der Waals surface area contributed by atoms with E-state index in [0.717, 1.165) is 31.2 Å². The van der Waals surface area contributed by atoms with E-state index in [9.17, 15) is 18.0 Å². The standard InChI is InChI=1S/C27H35N3O4S/c1-19-8-11-23(12-9-19)29-35(33,34)24-13-10-20(2)25(18-24)26(31)28-22-14-16-30(17-15-22)27(32)21-6-4-3-5-7-21/h8-13,18,21-22,29H,3-7,14-17H2,1-2H3,(H,28,31). The van der Waals surface area contributed by atoms with Gasteiger partial charge in [0.2, 0.25) is 5.91 Å². The highest BCUT2D eigenvalue weighted by Crippen LogP contribution is 2.27. The van der Waals surface area contributed by atoms with E-state index in [0.29, 0.717) is 42.7 Å². The molecule has 1 aliphatic heterocycles. The van der Waals surface area contributed by atoms with Crippen molar-refractivity contribution in [2.45, 2.75) is 69.7 Å². The molecule has 35 heavy (non-hydrogen) atoms. The molecule has 2 aromatic carbocycles. The molecule has 2 aromatic rings. The van der Waals surface area contributed by atoms with E-state index in [1.807, 2.05) is 24.0 Å². The molecule has 1 saturated heterocycles. The van der Waals surface area contributed by atoms with E-state index in [1.165, 1.54) is 18.6 Å². The van der Waals surface area contributed by atoms with Crippen LogP contribution in [0.5, 0.6) is 0 Å². The summed E-state index contributed by atoms with van der Waals surface area (Å²) in [5.74, 6) is 0.145. The highest BCUT2D eigenvalue weighted by molar-refractivity contribution is 7.92. The van der Waals surface area contributed by atoms with Crippen LogP contribution < -0.4 is 10.0 Å². The number of amides is 2. The van der Waals surface area contributed by atoms with Gasteiger partial charge in [-0.3, -0.25) is 14.3 Å². The average molecular weight is 498 g/mol. The van der Waals surface area contributed by atoms with Crippen molar-refractivity contribution in [2.24, 2.45) is 5.92 Å². The van der Waals surface area contributed by atoms with Gasteiger partial charge in [-0.15, -0.1) is 0 Å². The molecule has 188 valence electrons. The molecular formula is C27H35N3O4S. The third-order valence-corrected chi connectivity index (χ3v) is 8.54. The molecule has 4 rings (SSSR count). The number of benzene rings is 2. The van der Waals surface area contributed by atoms with Gasteiger partial charge in [-0.2, -0.15) is 0 Å². The zero-order valence-corrected chi connectivity index (χ0v) is 21.4. The fourth-order valence-corrected chi connectivity index (χ4v) is 6.05. The summed E-state index contributed by atoms with van der Waals surface area (Å²) in [5.41, 5.74) is 2.56. The largest absolute Gasteiger partial charge is 0.349 e. The second-order valence-corrected chi connectivity index (χ2v) is 11.5. The van der Waals surface area contributed by atoms with Gasteiger partial charge < -0.3 is 10.2 Å². The van der Waals surface area contributed by atoms with Crippen molar-refractivity contribution < 1.29 is 18.0 Å². The maximum Gasteiger partial charge on any atom is 0.261 e. The van der Waals surface area contributed by atoms with Gasteiger partial charge in [0.1, 0.15) is 0 Å². The van der Waals surface area contributed by atoms with Gasteiger partial charge in [0, 0.05) is 36.3 Å². The molecule has 0 aromatic heterocycles. The molecule has 7 nitrogen and oxygen atoms in total. The Hall–Kier alpha value is -2.87. The Morgan fingerprint density at radius 2 is 1.54 bits per heavy atom. The highest BCUT2D eigenvalue weighted by atomic mass is 32.2. The number of nitrogens with zero attached hydrogens (tertiary/aromatic N) is 1. The number of aryl methyl sites for hydroxylation is 2. The number of hydrogen-bond acceptors (Lipinski definition) is 4. The lowest BCUT2D eigenvalue weighted by Crippen LogP contribution is -2.48. The fourth-order valence-electron chi connectivity index (χ4n) is 4.96. The average Bonchev–Trinajstić information content (AvgIpc) is 2.86. The van der Waals surface area contributed by atoms with Crippen LogP contribution in [0.2, 0.25) is 0 Å². The van der Waals surface area contributed by atoms with Crippen LogP contribution in [-0.2, 0) is 14.8 Å². The molecule has 2 fully saturated rings. The van der Waals surface area contributed by atoms with Gasteiger partial charge >= 0.3 is 0 Å². The van der Waals surface area contributed by atoms with E-state index >= 15 is 0 Å². The van der Waals surface area contributed by atoms with Crippen molar-refractivity contribution in [3.05, 3.63) is 59.2 Å². The molecule has 1 aliphatic carbocycles. The Balaban J connectivity index is 1.38. The van der Waals surface area contributed by atoms with Crippen molar-refractivity contribution in [1.82, 2.24) is 10.2 Å². The summed E-state index contributed by atoms with van der Waals surface area (Å²) in [6.07, 6.45) is 6.89. The first-order valence-electron chi connectivity index (χ1n) is 12.5. The van der Waals surface area contributed by atoms with Gasteiger partial charge in [0.15, 0.2) is 0 Å². The Bertz CT molecular complexity index is 1160. The second kappa shape index (κ2) is 10.8. The summed E-state index contributed by atoms with van der Waals surface area (Å²) < 4.78 is 28.4. The van der Waals surface area contributed by atoms with E-state index in [2.05, 4.69) is 10.0 Å². The number of nitrogens with one attached hydrogen (secondary N) is 2. The van der Waals surface area contributed by atoms with Crippen molar-refractivity contribution in [1.29, 1.82) is 0 Å². The molecule has 1 saturated carbocycles. The lowest BCUT2D eigenvalue weighted by molar-refractivity contribution is -0.137. The molecule has 2 amide bonds. The quantitative estimate of drug-likeness (QED) is 0.618. The first-order chi connectivity index (χ1) is 16.7. The van der Waals surface area contributed by atoms with Gasteiger partial charge in [-0.1, -0.05) is 43.0 Å². The zero-order valence-electron chi connectivity index (χ0n) is 20.5. The van der Waals surface area contributed by atoms with Crippen molar-refractivity contribution in [3.63, 3.8) is 0 Å². The fraction of sp³-hybridized carbons (Fsp3) is 0.481. The summed E-state index contributed by atoms with van der Waals surface area (Å²) >= 11 is 0. The summed E-state index contributed by atoms with van der Waals surface area (Å²) in [5, 5.41) is 3.06. The molecule has 8 heteroatoms. The molecular weight excluding hydrogens is 462 g/mol. The van der Waals surface area contributed by atoms with Crippen LogP contribution >= 0.6 is 0 Å². The van der Waals surface area contributed by atoms with Gasteiger partial charge in [0.05, 0.1) is 4.90 Å². The maximum absolute atomic E-state index is 13.1. The van der Waals surface area contributed by atoms with Crippen molar-refractivity contribution in [2.75, 3.05) is 17.8 Å². The predicted molar refractivity (Wildman–Crippen MR) is 137 cm³/mol. The second-order valence-electron chi connectivity index (χ2n) is 9.86. The van der Waals surface area contributed by atoms with Crippen LogP contribution in [0.4, 0.5) is 5.69 Å². The van der Waals surface area contributed by atoms with Crippen LogP contribution in [-0.4, -0.2) is 44.3 Å². The topological polar surface area (TPSA) is 95.6 Å². The Labute approximate surface area is 208 Å². The number of piperidine rings is 1. The van der Waals surface area contributed by atoms with Crippen LogP contribution in [0, 0.1) is 19.8 Å². The van der Waals surface area contributed by atoms with Gasteiger partial charge in [0.25, 0.3) is 15.9 Å². The first kappa shape index (κ1) is 25.2. The van der Waals surface area contributed by atoms with Crippen LogP contribution in [0.15, 0.2) is 47.4 Å². The Morgan fingerprint density at radius 1 is 0.886 bits per heavy atom. The minimum atomic E-state index is -3.83. The molecule has 0 spiro atoms. The highest BCUT2D eigenvalue weighted by Gasteiger charge is 2.30. The third kappa shape index (κ3) is 6.23. The summed E-state index contributed by atoms with van der Waals surface area (Å²) in [6.45, 7) is 5.02. The van der Waals surface area contributed by atoms with Crippen LogP contribution in [0.1, 0.15) is 66.4 Å². The summed E-state index contributed by atoms with van der Waals surface area (Å²) in [4.78, 5) is 27.9. The third-order valence-electron chi connectivity index (χ3n) is 7.16. The number of rotatable bonds is 6. The van der Waals surface area contributed by atoms with Gasteiger partial charge in [-0.05, 0) is 69.4 Å². The number of likely N-dealkylation sites (tertiary alicyclic amines) is 1. The molecule has 0 radical (unpaired) electrons. The summed E-state index contributed by atoms with van der Waals surface area (Å²) in [6, 6.07) is 11.6. The lowest BCUT2D eigenvalue weighted by atomic mass is 9.87. The lowest BCUT2D eigenvalue weighted by Gasteiger charge is -2.35. The minimum absolute atomic E-state index is 0.0387. The van der Waals surface area contributed by atoms with Crippen molar-refractivity contribution in [3.8, 4) is 0 Å². The van der Waals surface area contributed by atoms with Gasteiger partial charge in [-0.25, -0.2) is 8.42 Å². The van der Waals surface area contributed by atoms with E-state index in [1.54, 1.807) is 25.1 Å².